The zero-order valence-corrected chi connectivity index (χ0v) is 5.90. The molecule has 1 N–H and O–H groups in total. The summed E-state index contributed by atoms with van der Waals surface area (Å²) in [5.74, 6) is 0. The predicted molar refractivity (Wildman–Crippen MR) is 28.1 cm³/mol. The summed E-state index contributed by atoms with van der Waals surface area (Å²) in [4.78, 5) is 0. The van der Waals surface area contributed by atoms with E-state index in [4.69, 9.17) is 5.11 Å². The summed E-state index contributed by atoms with van der Waals surface area (Å²) in [7, 11) is 0. The average molecular weight is 193 g/mol. The van der Waals surface area contributed by atoms with Crippen molar-refractivity contribution in [2.24, 2.45) is 0 Å². The van der Waals surface area contributed by atoms with E-state index in [1.807, 2.05) is 0 Å². The largest absolute Gasteiger partial charge is 0.417 e. The molecule has 1 unspecified atom stereocenters. The Bertz CT molecular complexity index is 141. The Morgan fingerprint density at radius 1 is 1.25 bits per heavy atom. The lowest BCUT2D eigenvalue weighted by Gasteiger charge is -2.19. The van der Waals surface area contributed by atoms with Crippen LogP contribution in [0.2, 0.25) is 0 Å². The number of aliphatic hydroxyl groups is 1. The van der Waals surface area contributed by atoms with Gasteiger partial charge in [-0.25, -0.2) is 0 Å². The zero-order chi connectivity index (χ0) is 9.99. The first-order valence-electron chi connectivity index (χ1n) is 2.80. The number of rotatable bonds is 3. The van der Waals surface area contributed by atoms with Crippen molar-refractivity contribution in [2.45, 2.75) is 25.3 Å². The van der Waals surface area contributed by atoms with E-state index in [0.29, 0.717) is 6.92 Å². The van der Waals surface area contributed by atoms with Crippen LogP contribution >= 0.6 is 0 Å². The Balaban J connectivity index is 3.93. The molecule has 0 fully saturated rings. The van der Waals surface area contributed by atoms with E-state index in [9.17, 15) is 22.0 Å². The zero-order valence-electron chi connectivity index (χ0n) is 5.90. The van der Waals surface area contributed by atoms with E-state index in [1.54, 1.807) is 0 Å². The topological polar surface area (TPSA) is 29.5 Å². The second kappa shape index (κ2) is 3.53. The molecule has 73 valence electrons. The number of halogens is 5. The number of aliphatic hydroxyl groups excluding tert-OH is 1. The third kappa shape index (κ3) is 4.45. The van der Waals surface area contributed by atoms with E-state index < -0.39 is 25.0 Å². The Morgan fingerprint density at radius 3 is 1.92 bits per heavy atom. The normalized spacial score (nSPS) is 16.2. The highest BCUT2D eigenvalue weighted by atomic mass is 19.4. The van der Waals surface area contributed by atoms with Gasteiger partial charge in [0.05, 0.1) is 0 Å². The number of hydrogen-bond acceptors (Lipinski definition) is 2. The van der Waals surface area contributed by atoms with Gasteiger partial charge in [-0.3, -0.25) is 0 Å². The molecule has 12 heavy (non-hydrogen) atoms. The molecule has 0 aromatic heterocycles. The molecule has 0 spiro atoms. The quantitative estimate of drug-likeness (QED) is 0.691. The van der Waals surface area contributed by atoms with E-state index in [0.717, 1.165) is 0 Å². The van der Waals surface area contributed by atoms with Gasteiger partial charge in [0.2, 0.25) is 0 Å². The third-order valence-corrected chi connectivity index (χ3v) is 0.836. The summed E-state index contributed by atoms with van der Waals surface area (Å²) >= 11 is 0. The van der Waals surface area contributed by atoms with Crippen molar-refractivity contribution < 1.29 is 31.8 Å². The van der Waals surface area contributed by atoms with Crippen LogP contribution in [0.5, 0.6) is 0 Å². The molecule has 0 aliphatic heterocycles. The second-order valence-corrected chi connectivity index (χ2v) is 2.02. The highest BCUT2D eigenvalue weighted by molar-refractivity contribution is 4.69. The molecule has 0 bridgehead atoms. The van der Waals surface area contributed by atoms with Crippen LogP contribution < -0.4 is 0 Å². The molecule has 0 saturated heterocycles. The molecule has 0 aromatic rings. The maximum Gasteiger partial charge on any atom is 0.417 e. The minimum absolute atomic E-state index is 0.615. The molecule has 1 radical (unpaired) electrons. The second-order valence-electron chi connectivity index (χ2n) is 2.02. The number of hydrogen-bond donors (Lipinski definition) is 1. The maximum atomic E-state index is 12.1. The SMILES string of the molecule is CC(O)C(F)(F)O[CH]C(F)(F)F. The van der Waals surface area contributed by atoms with Crippen LogP contribution in [-0.4, -0.2) is 23.5 Å². The lowest BCUT2D eigenvalue weighted by atomic mass is 10.4. The Morgan fingerprint density at radius 2 is 1.67 bits per heavy atom. The van der Waals surface area contributed by atoms with Gasteiger partial charge in [-0.15, -0.1) is 0 Å². The minimum atomic E-state index is -4.95. The highest BCUT2D eigenvalue weighted by Gasteiger charge is 2.41. The fraction of sp³-hybridized carbons (Fsp3) is 0.800. The van der Waals surface area contributed by atoms with E-state index in [1.165, 1.54) is 0 Å². The molecular formula is C5H6F5O2. The predicted octanol–water partition coefficient (Wildman–Crippen LogP) is 1.70. The Hall–Kier alpha value is -0.430. The van der Waals surface area contributed by atoms with Crippen LogP contribution in [0.25, 0.3) is 0 Å². The van der Waals surface area contributed by atoms with Crippen LogP contribution in [0.3, 0.4) is 0 Å². The molecule has 0 aliphatic rings. The number of ether oxygens (including phenoxy) is 1. The molecule has 0 saturated carbocycles. The van der Waals surface area contributed by atoms with Crippen LogP contribution in [-0.2, 0) is 4.74 Å². The lowest BCUT2D eigenvalue weighted by Crippen LogP contribution is -2.35. The fourth-order valence-electron chi connectivity index (χ4n) is 0.244. The summed E-state index contributed by atoms with van der Waals surface area (Å²) in [5, 5.41) is 8.21. The summed E-state index contributed by atoms with van der Waals surface area (Å²) in [6.07, 6.45) is -11.5. The van der Waals surface area contributed by atoms with Gasteiger partial charge in [0.15, 0.2) is 6.61 Å². The molecule has 0 rings (SSSR count). The van der Waals surface area contributed by atoms with Crippen LogP contribution in [0, 0.1) is 6.61 Å². The lowest BCUT2D eigenvalue weighted by molar-refractivity contribution is -0.294. The van der Waals surface area contributed by atoms with Crippen LogP contribution in [0.1, 0.15) is 6.92 Å². The van der Waals surface area contributed by atoms with E-state index >= 15 is 0 Å². The van der Waals surface area contributed by atoms with Gasteiger partial charge < -0.3 is 9.84 Å². The van der Waals surface area contributed by atoms with Gasteiger partial charge in [0, 0.05) is 0 Å². The Labute approximate surface area is 64.9 Å². The van der Waals surface area contributed by atoms with E-state index in [2.05, 4.69) is 4.74 Å². The molecular weight excluding hydrogens is 187 g/mol. The van der Waals surface area contributed by atoms with Crippen molar-refractivity contribution in [3.8, 4) is 0 Å². The molecule has 7 heteroatoms. The van der Waals surface area contributed by atoms with Gasteiger partial charge in [0.25, 0.3) is 0 Å². The van der Waals surface area contributed by atoms with Crippen molar-refractivity contribution in [2.75, 3.05) is 0 Å². The fourth-order valence-corrected chi connectivity index (χ4v) is 0.244. The van der Waals surface area contributed by atoms with Gasteiger partial charge in [-0.05, 0) is 6.92 Å². The summed E-state index contributed by atoms with van der Waals surface area (Å²) < 4.78 is 60.9. The molecule has 0 aliphatic carbocycles. The first-order valence-corrected chi connectivity index (χ1v) is 2.80. The van der Waals surface area contributed by atoms with Gasteiger partial charge in [-0.2, -0.15) is 22.0 Å². The monoisotopic (exact) mass is 193 g/mol. The molecule has 2 nitrogen and oxygen atoms in total. The third-order valence-electron chi connectivity index (χ3n) is 0.836. The van der Waals surface area contributed by atoms with Crippen molar-refractivity contribution >= 4 is 0 Å². The smallest absolute Gasteiger partial charge is 0.384 e. The first kappa shape index (κ1) is 11.6. The summed E-state index contributed by atoms with van der Waals surface area (Å²) in [5.41, 5.74) is 0. The minimum Gasteiger partial charge on any atom is -0.384 e. The molecule has 0 amide bonds. The van der Waals surface area contributed by atoms with Crippen LogP contribution in [0.4, 0.5) is 22.0 Å². The highest BCUT2D eigenvalue weighted by Crippen LogP contribution is 2.27. The van der Waals surface area contributed by atoms with Crippen molar-refractivity contribution in [1.82, 2.24) is 0 Å². The van der Waals surface area contributed by atoms with Gasteiger partial charge in [-0.1, -0.05) is 0 Å². The van der Waals surface area contributed by atoms with Crippen molar-refractivity contribution in [1.29, 1.82) is 0 Å². The van der Waals surface area contributed by atoms with Crippen LogP contribution in [0.15, 0.2) is 0 Å². The van der Waals surface area contributed by atoms with E-state index in [-0.39, 0.29) is 0 Å². The van der Waals surface area contributed by atoms with Crippen molar-refractivity contribution in [3.63, 3.8) is 0 Å². The molecule has 0 heterocycles. The molecule has 1 atom stereocenters. The Kier molecular flexibility index (Phi) is 3.40. The van der Waals surface area contributed by atoms with Crippen molar-refractivity contribution in [3.05, 3.63) is 6.61 Å². The maximum absolute atomic E-state index is 12.1. The standard InChI is InChI=1S/C5H6F5O2/c1-3(11)5(9,10)12-2-4(6,7)8/h2-3,11H,1H3. The summed E-state index contributed by atoms with van der Waals surface area (Å²) in [6.45, 7) is -0.357. The summed E-state index contributed by atoms with van der Waals surface area (Å²) in [6, 6.07) is 0. The first-order chi connectivity index (χ1) is 5.15. The van der Waals surface area contributed by atoms with Gasteiger partial charge in [0.1, 0.15) is 6.10 Å². The molecule has 0 aromatic carbocycles. The number of alkyl halides is 5. The van der Waals surface area contributed by atoms with Gasteiger partial charge >= 0.3 is 12.3 Å². The average Bonchev–Trinajstić information content (AvgIpc) is 1.82.